The van der Waals surface area contributed by atoms with Gasteiger partial charge in [0.05, 0.1) is 0 Å². The van der Waals surface area contributed by atoms with Crippen LogP contribution in [0.1, 0.15) is 6.42 Å². The lowest BCUT2D eigenvalue weighted by Gasteiger charge is -2.23. The van der Waals surface area contributed by atoms with Crippen molar-refractivity contribution >= 4 is 17.4 Å². The van der Waals surface area contributed by atoms with Gasteiger partial charge in [0, 0.05) is 6.42 Å². The lowest BCUT2D eigenvalue weighted by atomic mass is 10.5. The monoisotopic (exact) mass is 230 g/mol. The minimum Gasteiger partial charge on any atom is -0.458 e. The van der Waals surface area contributed by atoms with Crippen LogP contribution in [0.5, 0.6) is 0 Å². The van der Waals surface area contributed by atoms with Gasteiger partial charge < -0.3 is 4.12 Å². The molecule has 1 atom stereocenters. The first kappa shape index (κ1) is 13.2. The van der Waals surface area contributed by atoms with E-state index in [1.54, 1.807) is 0 Å². The minimum atomic E-state index is -4.02. The van der Waals surface area contributed by atoms with Crippen LogP contribution in [0.4, 0.5) is 13.2 Å². The average Bonchev–Trinajstić information content (AvgIpc) is 1.78. The van der Waals surface area contributed by atoms with Gasteiger partial charge in [-0.15, -0.1) is 0 Å². The first-order chi connectivity index (χ1) is 5.60. The number of rotatable bonds is 4. The molecule has 1 unspecified atom stereocenters. The van der Waals surface area contributed by atoms with Gasteiger partial charge in [0.25, 0.3) is 0 Å². The van der Waals surface area contributed by atoms with Gasteiger partial charge in [-0.2, -0.15) is 13.2 Å². The molecular weight excluding hydrogens is 213 g/mol. The highest BCUT2D eigenvalue weighted by Gasteiger charge is 2.29. The zero-order valence-electron chi connectivity index (χ0n) is 8.53. The fraction of sp³-hybridized carbons (Fsp3) is 1.00. The minimum absolute atomic E-state index is 0.202. The van der Waals surface area contributed by atoms with Gasteiger partial charge in [-0.05, 0) is 32.2 Å². The molecule has 6 heteroatoms. The summed E-state index contributed by atoms with van der Waals surface area (Å²) in [7, 11) is -3.21. The van der Waals surface area contributed by atoms with Gasteiger partial charge in [-0.1, -0.05) is 0 Å². The highest BCUT2D eigenvalue weighted by atomic mass is 28.4. The molecule has 0 spiro atoms. The Hall–Kier alpha value is 0.184. The summed E-state index contributed by atoms with van der Waals surface area (Å²) in [6, 6.07) is 0.202. The second-order valence-electron chi connectivity index (χ2n) is 4.19. The van der Waals surface area contributed by atoms with Crippen LogP contribution < -0.4 is 0 Å². The Morgan fingerprint density at radius 2 is 1.69 bits per heavy atom. The van der Waals surface area contributed by atoms with Gasteiger partial charge >= 0.3 is 6.18 Å². The third-order valence-electron chi connectivity index (χ3n) is 1.39. The van der Waals surface area contributed by atoms with E-state index in [1.807, 2.05) is 26.2 Å². The molecule has 0 saturated heterocycles. The largest absolute Gasteiger partial charge is 0.458 e. The molecule has 0 fully saturated rings. The van der Waals surface area contributed by atoms with Gasteiger partial charge in [0.2, 0.25) is 0 Å². The molecule has 0 bridgehead atoms. The van der Waals surface area contributed by atoms with Gasteiger partial charge in [-0.25, -0.2) is 0 Å². The molecule has 0 aromatic heterocycles. The van der Waals surface area contributed by atoms with Crippen molar-refractivity contribution in [2.75, 3.05) is 0 Å². The predicted molar refractivity (Wildman–Crippen MR) is 52.9 cm³/mol. The fourth-order valence-electron chi connectivity index (χ4n) is 1.03. The second-order valence-corrected chi connectivity index (χ2v) is 11.6. The number of hydrogen-bond acceptors (Lipinski definition) is 1. The summed E-state index contributed by atoms with van der Waals surface area (Å²) < 4.78 is 41.1. The molecule has 13 heavy (non-hydrogen) atoms. The molecule has 0 aromatic carbocycles. The molecule has 0 amide bonds. The number of alkyl halides is 3. The van der Waals surface area contributed by atoms with E-state index in [0.29, 0.717) is 0 Å². The van der Waals surface area contributed by atoms with E-state index in [0.717, 1.165) is 0 Å². The van der Waals surface area contributed by atoms with Crippen molar-refractivity contribution in [3.05, 3.63) is 0 Å². The third kappa shape index (κ3) is 10.1. The molecular formula is C7H17F3OSi2. The summed E-state index contributed by atoms with van der Waals surface area (Å²) in [6.07, 6.45) is -4.71. The van der Waals surface area contributed by atoms with E-state index >= 15 is 0 Å². The molecule has 0 rings (SSSR count). The van der Waals surface area contributed by atoms with E-state index in [9.17, 15) is 13.2 Å². The lowest BCUT2D eigenvalue weighted by Crippen LogP contribution is -2.33. The third-order valence-corrected chi connectivity index (χ3v) is 6.93. The molecule has 0 aliphatic carbocycles. The standard InChI is InChI=1S/C7H17F3OSi2/c1-12(11-13(2,3)4)6-5-7(8,9)10/h12H,5-6H2,1-4H3. The van der Waals surface area contributed by atoms with Gasteiger partial charge in [0.1, 0.15) is 0 Å². The Bertz CT molecular complexity index is 153. The second kappa shape index (κ2) is 4.61. The quantitative estimate of drug-likeness (QED) is 0.674. The summed E-state index contributed by atoms with van der Waals surface area (Å²) in [6.45, 7) is 7.85. The van der Waals surface area contributed by atoms with E-state index in [2.05, 4.69) is 0 Å². The smallest absolute Gasteiger partial charge is 0.388 e. The Kier molecular flexibility index (Phi) is 4.67. The van der Waals surface area contributed by atoms with Crippen molar-refractivity contribution in [3.8, 4) is 0 Å². The van der Waals surface area contributed by atoms with E-state index in [4.69, 9.17) is 4.12 Å². The van der Waals surface area contributed by atoms with Crippen molar-refractivity contribution in [2.45, 2.75) is 44.8 Å². The zero-order chi connectivity index (χ0) is 10.7. The summed E-state index contributed by atoms with van der Waals surface area (Å²) in [5.74, 6) is 0. The lowest BCUT2D eigenvalue weighted by molar-refractivity contribution is -0.130. The van der Waals surface area contributed by atoms with Crippen LogP contribution in [0.2, 0.25) is 32.2 Å². The maximum Gasteiger partial charge on any atom is 0.388 e. The van der Waals surface area contributed by atoms with Gasteiger partial charge in [0.15, 0.2) is 17.4 Å². The zero-order valence-corrected chi connectivity index (χ0v) is 10.7. The normalized spacial score (nSPS) is 15.9. The summed E-state index contributed by atoms with van der Waals surface area (Å²) in [5, 5.41) is 0. The number of halogens is 3. The van der Waals surface area contributed by atoms with Crippen LogP contribution in [0.25, 0.3) is 0 Å². The van der Waals surface area contributed by atoms with Crippen LogP contribution in [0.3, 0.4) is 0 Å². The highest BCUT2D eigenvalue weighted by Crippen LogP contribution is 2.23. The van der Waals surface area contributed by atoms with Crippen molar-refractivity contribution in [3.63, 3.8) is 0 Å². The first-order valence-electron chi connectivity index (χ1n) is 4.35. The van der Waals surface area contributed by atoms with Crippen molar-refractivity contribution < 1.29 is 17.3 Å². The van der Waals surface area contributed by atoms with Crippen LogP contribution in [-0.4, -0.2) is 23.5 Å². The van der Waals surface area contributed by atoms with E-state index < -0.39 is 30.0 Å². The predicted octanol–water partition coefficient (Wildman–Crippen LogP) is 3.14. The molecule has 0 heterocycles. The van der Waals surface area contributed by atoms with Crippen LogP contribution >= 0.6 is 0 Å². The summed E-state index contributed by atoms with van der Waals surface area (Å²) >= 11 is 0. The van der Waals surface area contributed by atoms with Crippen molar-refractivity contribution in [1.29, 1.82) is 0 Å². The molecule has 80 valence electrons. The maximum atomic E-state index is 11.8. The van der Waals surface area contributed by atoms with Crippen LogP contribution in [0, 0.1) is 0 Å². The molecule has 1 nitrogen and oxygen atoms in total. The van der Waals surface area contributed by atoms with Crippen molar-refractivity contribution in [2.24, 2.45) is 0 Å². The molecule has 0 aliphatic rings. The Labute approximate surface area is 80.1 Å². The van der Waals surface area contributed by atoms with E-state index in [1.165, 1.54) is 0 Å². The molecule has 0 radical (unpaired) electrons. The summed E-state index contributed by atoms with van der Waals surface area (Å²) in [4.78, 5) is 0. The molecule has 0 aliphatic heterocycles. The fourth-order valence-corrected chi connectivity index (χ4v) is 7.06. The molecule has 0 saturated carbocycles. The SMILES string of the molecule is C[SiH](CCC(F)(F)F)O[Si](C)(C)C. The number of hydrogen-bond donors (Lipinski definition) is 0. The van der Waals surface area contributed by atoms with Crippen molar-refractivity contribution in [1.82, 2.24) is 0 Å². The average molecular weight is 230 g/mol. The topological polar surface area (TPSA) is 9.23 Å². The molecule has 0 aromatic rings. The Morgan fingerprint density at radius 1 is 1.23 bits per heavy atom. The first-order valence-corrected chi connectivity index (χ1v) is 10.2. The van der Waals surface area contributed by atoms with E-state index in [-0.39, 0.29) is 6.04 Å². The molecule has 0 N–H and O–H groups in total. The summed E-state index contributed by atoms with van der Waals surface area (Å²) in [5.41, 5.74) is 0. The van der Waals surface area contributed by atoms with Crippen LogP contribution in [-0.2, 0) is 4.12 Å². The van der Waals surface area contributed by atoms with Crippen LogP contribution in [0.15, 0.2) is 0 Å². The van der Waals surface area contributed by atoms with Gasteiger partial charge in [-0.3, -0.25) is 0 Å². The Balaban J connectivity index is 3.70. The Morgan fingerprint density at radius 3 is 2.00 bits per heavy atom. The highest BCUT2D eigenvalue weighted by molar-refractivity contribution is 6.77. The maximum absolute atomic E-state index is 11.8.